The average Bonchev–Trinajstić information content (AvgIpc) is 3.08. The zero-order valence-corrected chi connectivity index (χ0v) is 18.5. The van der Waals surface area contributed by atoms with Gasteiger partial charge in [0.2, 0.25) is 0 Å². The van der Waals surface area contributed by atoms with Crippen LogP contribution >= 0.6 is 11.6 Å². The third kappa shape index (κ3) is 4.66. The highest BCUT2D eigenvalue weighted by Gasteiger charge is 2.37. The second-order valence-corrected chi connectivity index (χ2v) is 7.79. The maximum atomic E-state index is 13.5. The topological polar surface area (TPSA) is 110 Å². The van der Waals surface area contributed by atoms with Crippen molar-refractivity contribution in [3.05, 3.63) is 61.8 Å². The largest absolute Gasteiger partial charge is 0.417 e. The molecule has 3 N–H and O–H groups in total. The Morgan fingerprint density at radius 3 is 2.76 bits per heavy atom. The lowest BCUT2D eigenvalue weighted by Gasteiger charge is -2.35. The standard InChI is InChI=1S/C21H20ClF3N6O2/c1-4-6-14(21(23,24)25)12(5-2)9-31-15-7-11(3)30(10-13(15)18(29-31)19(26)32)16-8-27-28-20(33)17(16)22/h1,5-6,8,11H,7,9-10H2,2-3H3,(H2,26,32)(H,28,33)/b12-5-,14-6+/t11-/m1/s1. The number of aromatic amines is 1. The molecule has 1 amide bonds. The number of allylic oxidation sites excluding steroid dienone is 4. The molecule has 0 bridgehead atoms. The van der Waals surface area contributed by atoms with Gasteiger partial charge in [0.1, 0.15) is 5.02 Å². The van der Waals surface area contributed by atoms with Crippen LogP contribution in [0.25, 0.3) is 0 Å². The van der Waals surface area contributed by atoms with Crippen LogP contribution in [0.4, 0.5) is 18.9 Å². The van der Waals surface area contributed by atoms with E-state index in [1.807, 2.05) is 12.8 Å². The molecule has 0 saturated carbocycles. The number of aromatic nitrogens is 4. The summed E-state index contributed by atoms with van der Waals surface area (Å²) in [7, 11) is 0. The van der Waals surface area contributed by atoms with E-state index in [0.717, 1.165) is 0 Å². The number of halogens is 4. The zero-order valence-electron chi connectivity index (χ0n) is 17.7. The van der Waals surface area contributed by atoms with Gasteiger partial charge < -0.3 is 10.6 Å². The average molecular weight is 481 g/mol. The van der Waals surface area contributed by atoms with Crippen LogP contribution in [0.15, 0.2) is 34.3 Å². The monoisotopic (exact) mass is 480 g/mol. The number of hydrogen-bond donors (Lipinski definition) is 2. The SMILES string of the molecule is C#C/C=C(\C(=C/C)Cn1nc(C(N)=O)c2c1C[C@@H](C)N(c1cn[nH]c(=O)c1Cl)C2)C(F)(F)F. The molecule has 2 aromatic heterocycles. The Labute approximate surface area is 191 Å². The molecule has 0 spiro atoms. The van der Waals surface area contributed by atoms with Crippen molar-refractivity contribution in [2.24, 2.45) is 5.73 Å². The van der Waals surface area contributed by atoms with Crippen molar-refractivity contribution in [3.63, 3.8) is 0 Å². The van der Waals surface area contributed by atoms with Crippen molar-refractivity contribution in [2.45, 2.75) is 45.6 Å². The fraction of sp³-hybridized carbons (Fsp3) is 0.333. The summed E-state index contributed by atoms with van der Waals surface area (Å²) in [5.74, 6) is 1.09. The van der Waals surface area contributed by atoms with Crippen LogP contribution in [0, 0.1) is 12.3 Å². The highest BCUT2D eigenvalue weighted by molar-refractivity contribution is 6.33. The van der Waals surface area contributed by atoms with Gasteiger partial charge in [-0.1, -0.05) is 23.6 Å². The van der Waals surface area contributed by atoms with Crippen LogP contribution in [-0.4, -0.2) is 38.1 Å². The smallest absolute Gasteiger partial charge is 0.364 e. The van der Waals surface area contributed by atoms with Gasteiger partial charge in [-0.25, -0.2) is 5.10 Å². The van der Waals surface area contributed by atoms with Crippen molar-refractivity contribution in [2.75, 3.05) is 4.90 Å². The number of carbonyl (C=O) groups is 1. The Balaban J connectivity index is 2.07. The molecule has 3 heterocycles. The lowest BCUT2D eigenvalue weighted by molar-refractivity contribution is -0.0896. The summed E-state index contributed by atoms with van der Waals surface area (Å²) in [6.45, 7) is 3.15. The number of H-pyrrole nitrogens is 1. The van der Waals surface area contributed by atoms with E-state index in [9.17, 15) is 22.8 Å². The molecule has 12 heteroatoms. The molecule has 0 fully saturated rings. The first kappa shape index (κ1) is 24.1. The lowest BCUT2D eigenvalue weighted by Crippen LogP contribution is -2.40. The summed E-state index contributed by atoms with van der Waals surface area (Å²) in [6, 6.07) is -0.243. The van der Waals surface area contributed by atoms with Gasteiger partial charge in [-0.15, -0.1) is 6.42 Å². The minimum Gasteiger partial charge on any atom is -0.364 e. The summed E-state index contributed by atoms with van der Waals surface area (Å²) in [5, 5.41) is 10.2. The third-order valence-electron chi connectivity index (χ3n) is 5.38. The number of nitrogens with two attached hydrogens (primary N) is 1. The third-order valence-corrected chi connectivity index (χ3v) is 5.75. The first-order valence-electron chi connectivity index (χ1n) is 9.76. The first-order chi connectivity index (χ1) is 15.5. The van der Waals surface area contributed by atoms with Gasteiger partial charge in [-0.3, -0.25) is 14.3 Å². The first-order valence-corrected chi connectivity index (χ1v) is 10.1. The van der Waals surface area contributed by atoms with Gasteiger partial charge in [0, 0.05) is 36.3 Å². The molecule has 0 unspecified atom stereocenters. The zero-order chi connectivity index (χ0) is 24.5. The number of amides is 1. The van der Waals surface area contributed by atoms with E-state index in [2.05, 4.69) is 15.3 Å². The summed E-state index contributed by atoms with van der Waals surface area (Å²) in [6.07, 6.45) is 4.08. The van der Waals surface area contributed by atoms with Gasteiger partial charge in [-0.2, -0.15) is 23.4 Å². The van der Waals surface area contributed by atoms with Crippen molar-refractivity contribution >= 4 is 23.2 Å². The molecule has 0 saturated heterocycles. The Hall–Kier alpha value is -3.52. The van der Waals surface area contributed by atoms with Crippen molar-refractivity contribution < 1.29 is 18.0 Å². The van der Waals surface area contributed by atoms with Crippen LogP contribution in [0.1, 0.15) is 35.6 Å². The fourth-order valence-electron chi connectivity index (χ4n) is 3.80. The van der Waals surface area contributed by atoms with Crippen LogP contribution in [0.2, 0.25) is 5.02 Å². The van der Waals surface area contributed by atoms with Gasteiger partial charge in [0.05, 0.1) is 24.0 Å². The molecule has 2 aromatic rings. The molecule has 8 nitrogen and oxygen atoms in total. The number of nitrogens with zero attached hydrogens (tertiary/aromatic N) is 4. The van der Waals surface area contributed by atoms with E-state index < -0.39 is 23.2 Å². The molecule has 174 valence electrons. The van der Waals surface area contributed by atoms with Gasteiger partial charge in [0.25, 0.3) is 11.5 Å². The van der Waals surface area contributed by atoms with Crippen LogP contribution < -0.4 is 16.2 Å². The fourth-order valence-corrected chi connectivity index (χ4v) is 4.00. The molecule has 1 atom stereocenters. The Bertz CT molecular complexity index is 1250. The second-order valence-electron chi connectivity index (χ2n) is 7.41. The number of anilines is 1. The van der Waals surface area contributed by atoms with Crippen LogP contribution in [-0.2, 0) is 19.5 Å². The maximum absolute atomic E-state index is 13.5. The highest BCUT2D eigenvalue weighted by atomic mass is 35.5. The quantitative estimate of drug-likeness (QED) is 0.505. The summed E-state index contributed by atoms with van der Waals surface area (Å²) in [4.78, 5) is 25.7. The molecule has 0 radical (unpaired) electrons. The molecule has 1 aliphatic rings. The van der Waals surface area contributed by atoms with Crippen LogP contribution in [0.5, 0.6) is 0 Å². The minimum atomic E-state index is -4.66. The van der Waals surface area contributed by atoms with E-state index in [1.165, 1.54) is 23.9 Å². The number of hydrogen-bond acceptors (Lipinski definition) is 5. The maximum Gasteiger partial charge on any atom is 0.417 e. The van der Waals surface area contributed by atoms with E-state index in [0.29, 0.717) is 29.4 Å². The highest BCUT2D eigenvalue weighted by Crippen LogP contribution is 2.35. The van der Waals surface area contributed by atoms with Gasteiger partial charge in [-0.05, 0) is 19.4 Å². The molecule has 3 rings (SSSR count). The summed E-state index contributed by atoms with van der Waals surface area (Å²) < 4.78 is 41.9. The predicted octanol–water partition coefficient (Wildman–Crippen LogP) is 2.74. The second kappa shape index (κ2) is 9.15. The van der Waals surface area contributed by atoms with Crippen LogP contribution in [0.3, 0.4) is 0 Å². The number of alkyl halides is 3. The number of fused-ring (bicyclic) bond motifs is 1. The number of terminal acetylenes is 1. The van der Waals surface area contributed by atoms with Crippen molar-refractivity contribution in [1.29, 1.82) is 0 Å². The molecule has 1 aliphatic heterocycles. The molecular formula is C21H20ClF3N6O2. The van der Waals surface area contributed by atoms with E-state index in [-0.39, 0.29) is 35.4 Å². The normalized spacial score (nSPS) is 17.0. The molecule has 0 aromatic carbocycles. The summed E-state index contributed by atoms with van der Waals surface area (Å²) >= 11 is 6.15. The Morgan fingerprint density at radius 1 is 1.48 bits per heavy atom. The van der Waals surface area contributed by atoms with E-state index >= 15 is 0 Å². The van der Waals surface area contributed by atoms with E-state index in [1.54, 1.807) is 4.90 Å². The van der Waals surface area contributed by atoms with Crippen molar-refractivity contribution in [3.8, 4) is 12.3 Å². The number of carbonyl (C=O) groups excluding carboxylic acids is 1. The lowest BCUT2D eigenvalue weighted by atomic mass is 9.98. The Kier molecular flexibility index (Phi) is 6.69. The van der Waals surface area contributed by atoms with Gasteiger partial charge in [0.15, 0.2) is 5.69 Å². The predicted molar refractivity (Wildman–Crippen MR) is 117 cm³/mol. The number of primary amides is 1. The van der Waals surface area contributed by atoms with E-state index in [4.69, 9.17) is 23.8 Å². The summed E-state index contributed by atoms with van der Waals surface area (Å²) in [5.41, 5.74) is 5.15. The van der Waals surface area contributed by atoms with Gasteiger partial charge >= 0.3 is 6.18 Å². The Morgan fingerprint density at radius 2 is 2.18 bits per heavy atom. The minimum absolute atomic E-state index is 0.0687. The van der Waals surface area contributed by atoms with Crippen molar-refractivity contribution in [1.82, 2.24) is 20.0 Å². The number of nitrogens with one attached hydrogen (secondary N) is 1. The molecule has 33 heavy (non-hydrogen) atoms. The number of rotatable bonds is 5. The molecule has 0 aliphatic carbocycles. The molecular weight excluding hydrogens is 461 g/mol.